The first-order chi connectivity index (χ1) is 29.9. The normalized spacial score (nSPS) is 15.3. The molecule has 22 nitrogen and oxygen atoms in total. The molecule has 3 heterocycles. The van der Waals surface area contributed by atoms with Gasteiger partial charge < -0.3 is 57.2 Å². The van der Waals surface area contributed by atoms with Crippen molar-refractivity contribution in [2.24, 2.45) is 5.84 Å². The lowest BCUT2D eigenvalue weighted by atomic mass is 10.0. The maximum Gasteiger partial charge on any atom is 0.490 e. The summed E-state index contributed by atoms with van der Waals surface area (Å²) < 4.78 is 31.7. The molecule has 25 heteroatoms. The van der Waals surface area contributed by atoms with Crippen LogP contribution in [0.3, 0.4) is 0 Å². The molecular formula is C38H44F3N11O11. The molecule has 63 heavy (non-hydrogen) atoms. The number of alkyl halides is 3. The summed E-state index contributed by atoms with van der Waals surface area (Å²) in [4.78, 5) is 110. The molecule has 0 bridgehead atoms. The highest BCUT2D eigenvalue weighted by atomic mass is 19.4. The van der Waals surface area contributed by atoms with E-state index in [-0.39, 0.29) is 43.8 Å². The Bertz CT molecular complexity index is 2250. The number of hydrazine groups is 1. The number of fused-ring (bicyclic) bond motifs is 1. The predicted octanol–water partition coefficient (Wildman–Crippen LogP) is -2.43. The summed E-state index contributed by atoms with van der Waals surface area (Å²) >= 11 is 0. The molecule has 0 radical (unpaired) electrons. The molecule has 338 valence electrons. The third-order valence-corrected chi connectivity index (χ3v) is 9.30. The molecule has 2 aromatic carbocycles. The van der Waals surface area contributed by atoms with E-state index in [0.717, 1.165) is 10.9 Å². The number of imidazole rings is 1. The number of carboxylic acids is 1. The molecule has 0 spiro atoms. The van der Waals surface area contributed by atoms with Crippen LogP contribution in [0.2, 0.25) is 0 Å². The lowest BCUT2D eigenvalue weighted by Gasteiger charge is -2.26. The minimum absolute atomic E-state index is 0.0344. The van der Waals surface area contributed by atoms with Crippen molar-refractivity contribution >= 4 is 58.2 Å². The van der Waals surface area contributed by atoms with Crippen LogP contribution in [0.25, 0.3) is 10.9 Å². The molecule has 1 saturated heterocycles. The average Bonchev–Trinajstić information content (AvgIpc) is 4.03. The topological polar surface area (TPSA) is 352 Å². The number of nitrogens with one attached hydrogen (secondary N) is 9. The molecule has 4 aromatic rings. The molecule has 2 aromatic heterocycles. The zero-order valence-corrected chi connectivity index (χ0v) is 33.0. The van der Waals surface area contributed by atoms with Crippen LogP contribution in [0, 0.1) is 0 Å². The van der Waals surface area contributed by atoms with Crippen LogP contribution in [0.1, 0.15) is 29.7 Å². The van der Waals surface area contributed by atoms with Crippen molar-refractivity contribution < 1.29 is 66.8 Å². The van der Waals surface area contributed by atoms with E-state index in [4.69, 9.17) is 15.7 Å². The number of rotatable bonds is 18. The minimum Gasteiger partial charge on any atom is -0.508 e. The Balaban J connectivity index is 0.00000115. The van der Waals surface area contributed by atoms with Gasteiger partial charge in [-0.1, -0.05) is 30.3 Å². The fourth-order valence-electron chi connectivity index (χ4n) is 6.06. The van der Waals surface area contributed by atoms with E-state index in [1.807, 2.05) is 23.6 Å². The third kappa shape index (κ3) is 14.6. The van der Waals surface area contributed by atoms with E-state index in [1.54, 1.807) is 12.3 Å². The Morgan fingerprint density at radius 3 is 2.00 bits per heavy atom. The molecule has 7 amide bonds. The number of aliphatic hydroxyl groups excluding tert-OH is 1. The minimum atomic E-state index is -5.08. The maximum absolute atomic E-state index is 14.0. The fraction of sp³-hybridized carbons (Fsp3) is 0.342. The molecule has 5 rings (SSSR count). The second-order valence-electron chi connectivity index (χ2n) is 13.9. The average molecular weight is 888 g/mol. The Kier molecular flexibility index (Phi) is 17.1. The van der Waals surface area contributed by atoms with Crippen molar-refractivity contribution in [2.75, 3.05) is 13.2 Å². The highest BCUT2D eigenvalue weighted by Crippen LogP contribution is 2.20. The number of aliphatic hydroxyl groups is 1. The van der Waals surface area contributed by atoms with E-state index in [9.17, 15) is 56.9 Å². The van der Waals surface area contributed by atoms with Crippen molar-refractivity contribution in [3.63, 3.8) is 0 Å². The van der Waals surface area contributed by atoms with Crippen LogP contribution in [0.15, 0.2) is 67.3 Å². The lowest BCUT2D eigenvalue weighted by Crippen LogP contribution is -2.60. The molecule has 0 aliphatic carbocycles. The maximum atomic E-state index is 14.0. The van der Waals surface area contributed by atoms with Crippen molar-refractivity contribution in [2.45, 2.75) is 68.5 Å². The highest BCUT2D eigenvalue weighted by molar-refractivity contribution is 5.98. The van der Waals surface area contributed by atoms with Crippen LogP contribution in [0.5, 0.6) is 5.75 Å². The monoisotopic (exact) mass is 887 g/mol. The smallest absolute Gasteiger partial charge is 0.490 e. The quantitative estimate of drug-likeness (QED) is 0.0281. The number of para-hydroxylation sites is 1. The van der Waals surface area contributed by atoms with Crippen LogP contribution in [-0.2, 0) is 57.6 Å². The first-order valence-corrected chi connectivity index (χ1v) is 18.9. The van der Waals surface area contributed by atoms with E-state index < -0.39 is 90.9 Å². The zero-order chi connectivity index (χ0) is 46.3. The van der Waals surface area contributed by atoms with Crippen LogP contribution in [-0.4, -0.2) is 127 Å². The number of carbonyl (C=O) groups excluding carboxylic acids is 7. The van der Waals surface area contributed by atoms with Gasteiger partial charge in [-0.05, 0) is 35.7 Å². The largest absolute Gasteiger partial charge is 0.508 e. The zero-order valence-electron chi connectivity index (χ0n) is 33.0. The molecule has 0 saturated carbocycles. The summed E-state index contributed by atoms with van der Waals surface area (Å²) in [7, 11) is 0. The summed E-state index contributed by atoms with van der Waals surface area (Å²) in [6.07, 6.45) is -0.399. The number of halogens is 3. The third-order valence-electron chi connectivity index (χ3n) is 9.30. The number of carboxylic acid groups (broad SMARTS) is 1. The fourth-order valence-corrected chi connectivity index (χ4v) is 6.06. The standard InChI is InChI=1S/C36H43N11O9.C2HF3O2/c37-47-31(51)16-40-32(52)26(11-19-5-7-22(49)8-6-19)43-36(56)29(17-48)46-34(54)27(12-20-14-39-24-4-2-1-3-23(20)24)44-35(55)28(13-21-15-38-18-41-21)45-33(53)25-9-10-30(50)42-25;3-2(4,5)1(6)7/h1-8,14-15,18,25-29,39,48-49H,9-13,16-17,37H2,(H,38,41)(H,40,52)(H,42,50)(H,43,56)(H,44,55)(H,45,53)(H,46,54)(H,47,51);(H,6,7)/t25-,26-,27-,28-,29-;/m0./s1. The molecule has 5 atom stereocenters. The number of H-pyrrole nitrogens is 2. The predicted molar refractivity (Wildman–Crippen MR) is 211 cm³/mol. The number of aliphatic carboxylic acids is 1. The van der Waals surface area contributed by atoms with Gasteiger partial charge in [-0.15, -0.1) is 0 Å². The van der Waals surface area contributed by atoms with E-state index in [0.29, 0.717) is 16.8 Å². The van der Waals surface area contributed by atoms with Crippen LogP contribution < -0.4 is 43.2 Å². The van der Waals surface area contributed by atoms with E-state index in [2.05, 4.69) is 46.9 Å². The number of aromatic amines is 2. The first kappa shape index (κ1) is 48.1. The van der Waals surface area contributed by atoms with E-state index >= 15 is 0 Å². The second-order valence-corrected chi connectivity index (χ2v) is 13.9. The van der Waals surface area contributed by atoms with Gasteiger partial charge in [0.2, 0.25) is 35.4 Å². The Hall–Kier alpha value is -7.54. The Morgan fingerprint density at radius 1 is 0.825 bits per heavy atom. The molecule has 0 unspecified atom stereocenters. The van der Waals surface area contributed by atoms with Crippen molar-refractivity contribution in [3.8, 4) is 5.75 Å². The first-order valence-electron chi connectivity index (χ1n) is 18.9. The number of phenols is 1. The van der Waals surface area contributed by atoms with Gasteiger partial charge in [-0.25, -0.2) is 15.6 Å². The van der Waals surface area contributed by atoms with Crippen LogP contribution in [0.4, 0.5) is 13.2 Å². The Labute approximate surface area is 354 Å². The van der Waals surface area contributed by atoms with Gasteiger partial charge in [0.25, 0.3) is 5.91 Å². The molecule has 1 aliphatic rings. The number of hydrogen-bond donors (Lipinski definition) is 13. The molecule has 1 fully saturated rings. The van der Waals surface area contributed by atoms with E-state index in [1.165, 1.54) is 36.8 Å². The van der Waals surface area contributed by atoms with Gasteiger partial charge in [-0.3, -0.25) is 39.0 Å². The van der Waals surface area contributed by atoms with Crippen molar-refractivity contribution in [1.29, 1.82) is 0 Å². The van der Waals surface area contributed by atoms with Crippen molar-refractivity contribution in [3.05, 3.63) is 84.1 Å². The summed E-state index contributed by atoms with van der Waals surface area (Å²) in [5.41, 5.74) is 4.19. The van der Waals surface area contributed by atoms with Gasteiger partial charge >= 0.3 is 12.1 Å². The lowest BCUT2D eigenvalue weighted by molar-refractivity contribution is -0.192. The summed E-state index contributed by atoms with van der Waals surface area (Å²) in [6.45, 7) is -1.43. The van der Waals surface area contributed by atoms with Crippen molar-refractivity contribution in [1.82, 2.24) is 52.3 Å². The number of phenolic OH excluding ortho intramolecular Hbond substituents is 1. The molecule has 1 aliphatic heterocycles. The number of benzene rings is 2. The SMILES string of the molecule is NNC(=O)CNC(=O)[C@H](Cc1ccc(O)cc1)NC(=O)[C@H](CO)NC(=O)[C@H](Cc1c[nH]c2ccccc12)NC(=O)[C@H](Cc1c[nH]cn1)NC(=O)[C@@H]1CCC(=O)N1.O=C(O)C(F)(F)F. The van der Waals surface area contributed by atoms with Gasteiger partial charge in [0.05, 0.1) is 25.2 Å². The number of nitrogens with two attached hydrogens (primary N) is 1. The molecular weight excluding hydrogens is 843 g/mol. The number of aromatic hydroxyl groups is 1. The van der Waals surface area contributed by atoms with Gasteiger partial charge in [0.15, 0.2) is 0 Å². The van der Waals surface area contributed by atoms with Gasteiger partial charge in [0.1, 0.15) is 36.0 Å². The van der Waals surface area contributed by atoms with Gasteiger partial charge in [-0.2, -0.15) is 13.2 Å². The second kappa shape index (κ2) is 22.3. The number of aromatic nitrogens is 3. The van der Waals surface area contributed by atoms with Gasteiger partial charge in [0, 0.05) is 49.0 Å². The number of hydrogen-bond acceptors (Lipinski definition) is 12. The van der Waals surface area contributed by atoms with Crippen LogP contribution >= 0.6 is 0 Å². The Morgan fingerprint density at radius 2 is 1.43 bits per heavy atom. The summed E-state index contributed by atoms with van der Waals surface area (Å²) in [6, 6.07) is 6.61. The summed E-state index contributed by atoms with van der Waals surface area (Å²) in [5, 5.41) is 43.0. The number of amides is 7. The molecule has 14 N–H and O–H groups in total. The number of nitrogens with zero attached hydrogens (tertiary/aromatic N) is 1. The highest BCUT2D eigenvalue weighted by Gasteiger charge is 2.38. The number of carbonyl (C=O) groups is 8. The summed E-state index contributed by atoms with van der Waals surface area (Å²) in [5.74, 6) is -2.72.